The minimum Gasteiger partial charge on any atom is -0.497 e. The third-order valence-electron chi connectivity index (χ3n) is 5.52. The Morgan fingerprint density at radius 1 is 1.24 bits per heavy atom. The molecule has 1 aliphatic heterocycles. The Balaban J connectivity index is 0.00000420. The number of likely N-dealkylation sites (tertiary alicyclic amines) is 1. The number of nitrogens with zero attached hydrogens (tertiary/aromatic N) is 2. The molecule has 2 N–H and O–H groups in total. The minimum absolute atomic E-state index is 0. The average Bonchev–Trinajstić information content (AvgIpc) is 2.72. The van der Waals surface area contributed by atoms with Crippen molar-refractivity contribution in [2.45, 2.75) is 44.6 Å². The highest BCUT2D eigenvalue weighted by atomic mass is 127. The number of hydrogen-bond acceptors (Lipinski definition) is 4. The molecule has 0 amide bonds. The number of halogens is 1. The summed E-state index contributed by atoms with van der Waals surface area (Å²) >= 11 is 0. The van der Waals surface area contributed by atoms with Crippen molar-refractivity contribution in [3.63, 3.8) is 0 Å². The number of ether oxygens (including phenoxy) is 2. The smallest absolute Gasteiger partial charge is 0.191 e. The maximum absolute atomic E-state index is 5.37. The third-order valence-corrected chi connectivity index (χ3v) is 5.52. The van der Waals surface area contributed by atoms with Gasteiger partial charge < -0.3 is 25.0 Å². The molecule has 0 radical (unpaired) electrons. The first kappa shape index (κ1) is 26.0. The number of benzene rings is 1. The summed E-state index contributed by atoms with van der Waals surface area (Å²) in [6.07, 6.45) is 3.40. The number of methoxy groups -OCH3 is 2. The summed E-state index contributed by atoms with van der Waals surface area (Å²) in [6.45, 7) is 9.51. The number of guanidine groups is 1. The summed E-state index contributed by atoms with van der Waals surface area (Å²) in [7, 11) is 5.32. The topological polar surface area (TPSA) is 58.1 Å². The molecule has 1 aromatic carbocycles. The van der Waals surface area contributed by atoms with Crippen molar-refractivity contribution in [2.24, 2.45) is 4.99 Å². The average molecular weight is 518 g/mol. The summed E-state index contributed by atoms with van der Waals surface area (Å²) in [5, 5.41) is 7.12. The van der Waals surface area contributed by atoms with Crippen LogP contribution in [0.15, 0.2) is 29.3 Å². The molecule has 0 aromatic heterocycles. The van der Waals surface area contributed by atoms with Crippen LogP contribution in [0.3, 0.4) is 0 Å². The monoisotopic (exact) mass is 518 g/mol. The van der Waals surface area contributed by atoms with E-state index < -0.39 is 0 Å². The fourth-order valence-electron chi connectivity index (χ4n) is 3.57. The van der Waals surface area contributed by atoms with E-state index in [1.54, 1.807) is 14.2 Å². The summed E-state index contributed by atoms with van der Waals surface area (Å²) in [4.78, 5) is 6.96. The van der Waals surface area contributed by atoms with Crippen LogP contribution in [-0.4, -0.2) is 71.0 Å². The number of rotatable bonds is 9. The van der Waals surface area contributed by atoms with Crippen LogP contribution in [0.2, 0.25) is 0 Å². The molecular weight excluding hydrogens is 479 g/mol. The van der Waals surface area contributed by atoms with Crippen molar-refractivity contribution in [2.75, 3.05) is 54.1 Å². The lowest BCUT2D eigenvalue weighted by Gasteiger charge is -2.33. The maximum atomic E-state index is 5.37. The lowest BCUT2D eigenvalue weighted by Crippen LogP contribution is -2.50. The Hall–Kier alpha value is -1.06. The lowest BCUT2D eigenvalue weighted by molar-refractivity contribution is 0.155. The van der Waals surface area contributed by atoms with Crippen molar-refractivity contribution < 1.29 is 9.47 Å². The zero-order chi connectivity index (χ0) is 20.4. The summed E-state index contributed by atoms with van der Waals surface area (Å²) in [5.41, 5.74) is 1.22. The summed E-state index contributed by atoms with van der Waals surface area (Å²) in [6, 6.07) is 8.76. The lowest BCUT2D eigenvalue weighted by atomic mass is 9.84. The number of hydrogen-bond donors (Lipinski definition) is 2. The Bertz CT molecular complexity index is 617. The first-order valence-electron chi connectivity index (χ1n) is 10.3. The van der Waals surface area contributed by atoms with Crippen LogP contribution >= 0.6 is 24.0 Å². The largest absolute Gasteiger partial charge is 0.497 e. The van der Waals surface area contributed by atoms with Gasteiger partial charge in [0.25, 0.3) is 0 Å². The van der Waals surface area contributed by atoms with Crippen molar-refractivity contribution >= 4 is 29.9 Å². The fraction of sp³-hybridized carbons (Fsp3) is 0.682. The second-order valence-electron chi connectivity index (χ2n) is 8.15. The van der Waals surface area contributed by atoms with Gasteiger partial charge in [0, 0.05) is 58.4 Å². The molecule has 0 unspecified atom stereocenters. The molecule has 166 valence electrons. The quantitative estimate of drug-likeness (QED) is 0.228. The molecule has 1 fully saturated rings. The van der Waals surface area contributed by atoms with Gasteiger partial charge in [-0.1, -0.05) is 26.0 Å². The molecule has 1 saturated heterocycles. The maximum Gasteiger partial charge on any atom is 0.191 e. The van der Waals surface area contributed by atoms with Crippen LogP contribution in [0.4, 0.5) is 0 Å². The molecular formula is C22H39IN4O2. The molecule has 29 heavy (non-hydrogen) atoms. The third kappa shape index (κ3) is 8.68. The van der Waals surface area contributed by atoms with Gasteiger partial charge in [-0.3, -0.25) is 4.99 Å². The van der Waals surface area contributed by atoms with Gasteiger partial charge in [0.2, 0.25) is 0 Å². The first-order chi connectivity index (χ1) is 13.5. The van der Waals surface area contributed by atoms with E-state index in [0.717, 1.165) is 63.8 Å². The number of nitrogens with one attached hydrogen (secondary N) is 2. The second kappa shape index (κ2) is 13.3. The van der Waals surface area contributed by atoms with E-state index in [1.807, 2.05) is 19.2 Å². The predicted molar refractivity (Wildman–Crippen MR) is 132 cm³/mol. The zero-order valence-electron chi connectivity index (χ0n) is 18.7. The van der Waals surface area contributed by atoms with E-state index in [-0.39, 0.29) is 29.4 Å². The first-order valence-corrected chi connectivity index (χ1v) is 10.3. The molecule has 0 atom stereocenters. The highest BCUT2D eigenvalue weighted by molar-refractivity contribution is 14.0. The minimum atomic E-state index is -0.0309. The van der Waals surface area contributed by atoms with E-state index in [9.17, 15) is 0 Å². The van der Waals surface area contributed by atoms with Crippen LogP contribution in [-0.2, 0) is 10.2 Å². The van der Waals surface area contributed by atoms with Crippen LogP contribution in [0.25, 0.3) is 0 Å². The van der Waals surface area contributed by atoms with Gasteiger partial charge in [-0.15, -0.1) is 24.0 Å². The van der Waals surface area contributed by atoms with Crippen LogP contribution < -0.4 is 15.4 Å². The predicted octanol–water partition coefficient (Wildman–Crippen LogP) is 3.26. The highest BCUT2D eigenvalue weighted by Crippen LogP contribution is 2.25. The molecule has 0 spiro atoms. The molecule has 1 aliphatic rings. The Labute approximate surface area is 193 Å². The normalized spacial score (nSPS) is 16.2. The van der Waals surface area contributed by atoms with Gasteiger partial charge in [-0.05, 0) is 37.0 Å². The van der Waals surface area contributed by atoms with Crippen molar-refractivity contribution in [3.8, 4) is 5.75 Å². The van der Waals surface area contributed by atoms with Gasteiger partial charge >= 0.3 is 0 Å². The van der Waals surface area contributed by atoms with Crippen molar-refractivity contribution in [1.82, 2.24) is 15.5 Å². The van der Waals surface area contributed by atoms with E-state index >= 15 is 0 Å². The molecule has 0 saturated carbocycles. The molecule has 2 rings (SSSR count). The summed E-state index contributed by atoms with van der Waals surface area (Å²) < 4.78 is 10.5. The number of aliphatic imine (C=N–C) groups is 1. The Kier molecular flexibility index (Phi) is 11.9. The molecule has 0 bridgehead atoms. The van der Waals surface area contributed by atoms with Crippen molar-refractivity contribution in [3.05, 3.63) is 29.8 Å². The number of piperidine rings is 1. The van der Waals surface area contributed by atoms with Gasteiger partial charge in [0.05, 0.1) is 7.11 Å². The van der Waals surface area contributed by atoms with E-state index in [1.165, 1.54) is 5.56 Å². The molecule has 6 nitrogen and oxygen atoms in total. The van der Waals surface area contributed by atoms with Crippen LogP contribution in [0.1, 0.15) is 38.7 Å². The van der Waals surface area contributed by atoms with E-state index in [2.05, 4.69) is 46.5 Å². The molecule has 0 aliphatic carbocycles. The fourth-order valence-corrected chi connectivity index (χ4v) is 3.57. The Morgan fingerprint density at radius 2 is 1.97 bits per heavy atom. The SMILES string of the molecule is CN=C(NCC(C)(C)c1cccc(OC)c1)NC1CCN(CCCOC)CC1.I. The van der Waals surface area contributed by atoms with E-state index in [0.29, 0.717) is 6.04 Å². The zero-order valence-corrected chi connectivity index (χ0v) is 21.0. The second-order valence-corrected chi connectivity index (χ2v) is 8.15. The molecule has 7 heteroatoms. The summed E-state index contributed by atoms with van der Waals surface area (Å²) in [5.74, 6) is 1.78. The van der Waals surface area contributed by atoms with Gasteiger partial charge in [0.15, 0.2) is 5.96 Å². The van der Waals surface area contributed by atoms with Gasteiger partial charge in [-0.25, -0.2) is 0 Å². The van der Waals surface area contributed by atoms with Crippen LogP contribution in [0.5, 0.6) is 5.75 Å². The van der Waals surface area contributed by atoms with Crippen molar-refractivity contribution in [1.29, 1.82) is 0 Å². The highest BCUT2D eigenvalue weighted by Gasteiger charge is 2.23. The Morgan fingerprint density at radius 3 is 2.59 bits per heavy atom. The van der Waals surface area contributed by atoms with Gasteiger partial charge in [-0.2, -0.15) is 0 Å². The van der Waals surface area contributed by atoms with Crippen LogP contribution in [0, 0.1) is 0 Å². The standard InChI is InChI=1S/C22H38N4O2.HI/c1-22(2,18-8-6-9-20(16-18)28-5)17-24-21(23-3)25-19-10-13-26(14-11-19)12-7-15-27-4;/h6,8-9,16,19H,7,10-15,17H2,1-5H3,(H2,23,24,25);1H. The molecule has 1 heterocycles. The van der Waals surface area contributed by atoms with E-state index in [4.69, 9.17) is 9.47 Å². The van der Waals surface area contributed by atoms with Gasteiger partial charge in [0.1, 0.15) is 5.75 Å². The molecule has 1 aromatic rings.